The van der Waals surface area contributed by atoms with Crippen molar-refractivity contribution in [1.82, 2.24) is 16.2 Å². The topological polar surface area (TPSA) is 87.3 Å². The highest BCUT2D eigenvalue weighted by atomic mass is 35.5. The number of rotatable bonds is 4. The van der Waals surface area contributed by atoms with Gasteiger partial charge >= 0.3 is 0 Å². The lowest BCUT2D eigenvalue weighted by Gasteiger charge is -2.09. The third-order valence-corrected chi connectivity index (χ3v) is 3.82. The largest absolute Gasteiger partial charge is 0.343 e. The van der Waals surface area contributed by atoms with Crippen LogP contribution in [0.4, 0.5) is 0 Å². The number of amides is 3. The molecular weight excluding hydrogens is 342 g/mol. The number of hydrazine groups is 1. The minimum Gasteiger partial charge on any atom is -0.343 e. The summed E-state index contributed by atoms with van der Waals surface area (Å²) in [5, 5.41) is 2.91. The molecule has 0 bridgehead atoms. The molecule has 0 aliphatic rings. The Kier molecular flexibility index (Phi) is 6.14. The van der Waals surface area contributed by atoms with Gasteiger partial charge in [-0.1, -0.05) is 23.7 Å². The summed E-state index contributed by atoms with van der Waals surface area (Å²) >= 11 is 5.80. The van der Waals surface area contributed by atoms with Gasteiger partial charge in [-0.3, -0.25) is 25.2 Å². The normalized spacial score (nSPS) is 10.0. The van der Waals surface area contributed by atoms with Gasteiger partial charge in [0.25, 0.3) is 17.7 Å². The van der Waals surface area contributed by atoms with Crippen LogP contribution in [0.5, 0.6) is 0 Å². The number of hydrogen-bond donors (Lipinski definition) is 3. The van der Waals surface area contributed by atoms with Crippen LogP contribution in [0.25, 0.3) is 0 Å². The average molecular weight is 360 g/mol. The monoisotopic (exact) mass is 359 g/mol. The van der Waals surface area contributed by atoms with Gasteiger partial charge in [0.05, 0.1) is 6.54 Å². The van der Waals surface area contributed by atoms with Crippen LogP contribution in [0.15, 0.2) is 42.5 Å². The van der Waals surface area contributed by atoms with Crippen molar-refractivity contribution in [3.8, 4) is 0 Å². The van der Waals surface area contributed by atoms with Gasteiger partial charge in [0.2, 0.25) is 0 Å². The Morgan fingerprint density at radius 3 is 2.28 bits per heavy atom. The fourth-order valence-electron chi connectivity index (χ4n) is 2.02. The highest BCUT2D eigenvalue weighted by Crippen LogP contribution is 2.10. The highest BCUT2D eigenvalue weighted by Gasteiger charge is 2.10. The van der Waals surface area contributed by atoms with Crippen molar-refractivity contribution < 1.29 is 14.4 Å². The van der Waals surface area contributed by atoms with Crippen LogP contribution < -0.4 is 16.2 Å². The van der Waals surface area contributed by atoms with Gasteiger partial charge in [0.15, 0.2) is 0 Å². The molecule has 0 fully saturated rings. The van der Waals surface area contributed by atoms with Gasteiger partial charge in [0.1, 0.15) is 0 Å². The number of aryl methyl sites for hydroxylation is 2. The summed E-state index contributed by atoms with van der Waals surface area (Å²) in [7, 11) is 0. The van der Waals surface area contributed by atoms with E-state index in [1.807, 2.05) is 19.9 Å². The molecule has 25 heavy (non-hydrogen) atoms. The zero-order chi connectivity index (χ0) is 18.4. The Bertz CT molecular complexity index is 821. The summed E-state index contributed by atoms with van der Waals surface area (Å²) in [6, 6.07) is 11.6. The van der Waals surface area contributed by atoms with Gasteiger partial charge in [-0.15, -0.1) is 0 Å². The molecule has 0 aliphatic heterocycles. The molecule has 0 aliphatic carbocycles. The molecule has 0 spiro atoms. The average Bonchev–Trinajstić information content (AvgIpc) is 2.59. The maximum Gasteiger partial charge on any atom is 0.269 e. The van der Waals surface area contributed by atoms with Gasteiger partial charge in [-0.2, -0.15) is 0 Å². The van der Waals surface area contributed by atoms with Gasteiger partial charge in [-0.05, 0) is 55.3 Å². The first-order chi connectivity index (χ1) is 11.9. The molecule has 3 amide bonds. The predicted molar refractivity (Wildman–Crippen MR) is 95.3 cm³/mol. The number of carbonyl (C=O) groups is 3. The van der Waals surface area contributed by atoms with Crippen LogP contribution in [0.3, 0.4) is 0 Å². The molecule has 2 rings (SSSR count). The van der Waals surface area contributed by atoms with E-state index in [-0.39, 0.29) is 12.5 Å². The van der Waals surface area contributed by atoms with Crippen molar-refractivity contribution in [3.63, 3.8) is 0 Å². The molecule has 0 unspecified atom stereocenters. The van der Waals surface area contributed by atoms with Crippen molar-refractivity contribution in [2.24, 2.45) is 0 Å². The number of hydrogen-bond acceptors (Lipinski definition) is 3. The zero-order valence-corrected chi connectivity index (χ0v) is 14.6. The zero-order valence-electron chi connectivity index (χ0n) is 13.9. The van der Waals surface area contributed by atoms with Crippen LogP contribution in [0.1, 0.15) is 31.8 Å². The molecular formula is C18H18ClN3O3. The third kappa shape index (κ3) is 5.32. The molecule has 7 heteroatoms. The van der Waals surface area contributed by atoms with Crippen molar-refractivity contribution in [2.45, 2.75) is 13.8 Å². The second-order valence-corrected chi connectivity index (χ2v) is 5.93. The van der Waals surface area contributed by atoms with E-state index < -0.39 is 11.8 Å². The summed E-state index contributed by atoms with van der Waals surface area (Å²) in [6.07, 6.45) is 0. The Morgan fingerprint density at radius 1 is 0.880 bits per heavy atom. The summed E-state index contributed by atoms with van der Waals surface area (Å²) in [5.74, 6) is -1.41. The Labute approximate surface area is 150 Å². The number of halogens is 1. The lowest BCUT2D eigenvalue weighted by Crippen LogP contribution is -2.46. The lowest BCUT2D eigenvalue weighted by molar-refractivity contribution is -0.120. The SMILES string of the molecule is Cc1ccc(C(=O)NCC(=O)NNC(=O)c2cccc(Cl)c2)cc1C. The van der Waals surface area contributed by atoms with Gasteiger partial charge in [-0.25, -0.2) is 0 Å². The van der Waals surface area contributed by atoms with E-state index in [0.29, 0.717) is 16.1 Å². The van der Waals surface area contributed by atoms with E-state index in [0.717, 1.165) is 11.1 Å². The quantitative estimate of drug-likeness (QED) is 0.731. The van der Waals surface area contributed by atoms with Crippen molar-refractivity contribution in [1.29, 1.82) is 0 Å². The molecule has 2 aromatic carbocycles. The third-order valence-electron chi connectivity index (χ3n) is 3.58. The highest BCUT2D eigenvalue weighted by molar-refractivity contribution is 6.30. The Hall–Kier alpha value is -2.86. The number of benzene rings is 2. The minimum absolute atomic E-state index is 0.262. The number of carbonyl (C=O) groups excluding carboxylic acids is 3. The van der Waals surface area contributed by atoms with E-state index in [2.05, 4.69) is 16.2 Å². The molecule has 6 nitrogen and oxygen atoms in total. The van der Waals surface area contributed by atoms with Crippen molar-refractivity contribution >= 4 is 29.3 Å². The maximum absolute atomic E-state index is 12.0. The molecule has 3 N–H and O–H groups in total. The molecule has 0 saturated heterocycles. The second kappa shape index (κ2) is 8.30. The Morgan fingerprint density at radius 2 is 1.60 bits per heavy atom. The first kappa shape index (κ1) is 18.5. The van der Waals surface area contributed by atoms with Crippen LogP contribution in [-0.4, -0.2) is 24.3 Å². The minimum atomic E-state index is -0.549. The van der Waals surface area contributed by atoms with E-state index >= 15 is 0 Å². The molecule has 0 atom stereocenters. The molecule has 0 heterocycles. The maximum atomic E-state index is 12.0. The van der Waals surface area contributed by atoms with Crippen LogP contribution in [-0.2, 0) is 4.79 Å². The number of nitrogens with one attached hydrogen (secondary N) is 3. The summed E-state index contributed by atoms with van der Waals surface area (Å²) in [6.45, 7) is 3.60. The second-order valence-electron chi connectivity index (χ2n) is 5.49. The fraction of sp³-hybridized carbons (Fsp3) is 0.167. The summed E-state index contributed by atoms with van der Waals surface area (Å²) in [4.78, 5) is 35.6. The summed E-state index contributed by atoms with van der Waals surface area (Å²) < 4.78 is 0. The fourth-order valence-corrected chi connectivity index (χ4v) is 2.21. The van der Waals surface area contributed by atoms with E-state index in [1.54, 1.807) is 30.3 Å². The van der Waals surface area contributed by atoms with Crippen molar-refractivity contribution in [3.05, 3.63) is 69.7 Å². The van der Waals surface area contributed by atoms with Gasteiger partial charge in [0, 0.05) is 16.1 Å². The van der Waals surface area contributed by atoms with E-state index in [9.17, 15) is 14.4 Å². The van der Waals surface area contributed by atoms with E-state index in [1.165, 1.54) is 6.07 Å². The lowest BCUT2D eigenvalue weighted by atomic mass is 10.1. The molecule has 0 aromatic heterocycles. The van der Waals surface area contributed by atoms with Crippen molar-refractivity contribution in [2.75, 3.05) is 6.54 Å². The van der Waals surface area contributed by atoms with Crippen LogP contribution in [0, 0.1) is 13.8 Å². The molecule has 0 radical (unpaired) electrons. The molecule has 0 saturated carbocycles. The molecule has 2 aromatic rings. The summed E-state index contributed by atoms with van der Waals surface area (Å²) in [5.41, 5.74) is 7.35. The predicted octanol–water partition coefficient (Wildman–Crippen LogP) is 2.15. The van der Waals surface area contributed by atoms with E-state index in [4.69, 9.17) is 11.6 Å². The standard InChI is InChI=1S/C18H18ClN3O3/c1-11-6-7-14(8-12(11)2)17(24)20-10-16(23)21-22-18(25)13-4-3-5-15(19)9-13/h3-9H,10H2,1-2H3,(H,20,24)(H,21,23)(H,22,25). The first-order valence-electron chi connectivity index (χ1n) is 7.57. The molecule has 130 valence electrons. The Balaban J connectivity index is 1.81. The van der Waals surface area contributed by atoms with Crippen LogP contribution in [0.2, 0.25) is 5.02 Å². The smallest absolute Gasteiger partial charge is 0.269 e. The van der Waals surface area contributed by atoms with Gasteiger partial charge < -0.3 is 5.32 Å². The first-order valence-corrected chi connectivity index (χ1v) is 7.95. The van der Waals surface area contributed by atoms with Crippen LogP contribution >= 0.6 is 11.6 Å².